The van der Waals surface area contributed by atoms with Gasteiger partial charge in [0.2, 0.25) is 5.91 Å². The third-order valence-corrected chi connectivity index (χ3v) is 3.07. The Morgan fingerprint density at radius 2 is 2.05 bits per heavy atom. The standard InChI is InChI=1S/C11H20O4.C5H9NO/c12-10(13)6-2-1-4-8-14-11-7-3-5-9-15-11;1-2-3-4-5(6)7/h11H,1-9H2,(H,12,13);2H,1,3-4H2,(H2,6,7). The number of nitrogens with two attached hydrogens (primary N) is 1. The highest BCUT2D eigenvalue weighted by Gasteiger charge is 2.13. The van der Waals surface area contributed by atoms with E-state index in [2.05, 4.69) is 6.58 Å². The number of ether oxygens (including phenoxy) is 2. The van der Waals surface area contributed by atoms with Gasteiger partial charge in [0.25, 0.3) is 0 Å². The number of carbonyl (C=O) groups is 2. The monoisotopic (exact) mass is 315 g/mol. The molecule has 1 unspecified atom stereocenters. The molecule has 0 spiro atoms. The molecule has 0 aliphatic carbocycles. The molecule has 1 atom stereocenters. The number of unbranched alkanes of at least 4 members (excludes halogenated alkanes) is 2. The number of carboxylic acids is 1. The molecule has 1 aliphatic heterocycles. The molecule has 0 saturated carbocycles. The topological polar surface area (TPSA) is 98.9 Å². The van der Waals surface area contributed by atoms with Crippen molar-refractivity contribution in [1.29, 1.82) is 0 Å². The van der Waals surface area contributed by atoms with E-state index in [0.717, 1.165) is 38.7 Å². The Hall–Kier alpha value is -1.40. The van der Waals surface area contributed by atoms with Crippen molar-refractivity contribution in [2.75, 3.05) is 13.2 Å². The van der Waals surface area contributed by atoms with Gasteiger partial charge in [-0.1, -0.05) is 12.5 Å². The van der Waals surface area contributed by atoms with Crippen LogP contribution >= 0.6 is 0 Å². The highest BCUT2D eigenvalue weighted by molar-refractivity contribution is 5.73. The predicted octanol–water partition coefficient (Wildman–Crippen LogP) is 2.61. The first-order chi connectivity index (χ1) is 10.6. The second kappa shape index (κ2) is 14.5. The van der Waals surface area contributed by atoms with Crippen LogP contribution in [0.2, 0.25) is 0 Å². The van der Waals surface area contributed by atoms with Crippen molar-refractivity contribution >= 4 is 11.9 Å². The van der Waals surface area contributed by atoms with Gasteiger partial charge in [0.05, 0.1) is 0 Å². The molecule has 0 radical (unpaired) electrons. The van der Waals surface area contributed by atoms with Gasteiger partial charge in [-0.15, -0.1) is 6.58 Å². The number of carbonyl (C=O) groups excluding carboxylic acids is 1. The van der Waals surface area contributed by atoms with Gasteiger partial charge in [0.15, 0.2) is 6.29 Å². The van der Waals surface area contributed by atoms with Crippen LogP contribution in [0.15, 0.2) is 12.7 Å². The van der Waals surface area contributed by atoms with Crippen LogP contribution in [0.25, 0.3) is 0 Å². The van der Waals surface area contributed by atoms with E-state index in [1.165, 1.54) is 6.42 Å². The van der Waals surface area contributed by atoms with Crippen LogP contribution < -0.4 is 5.73 Å². The third-order valence-electron chi connectivity index (χ3n) is 3.07. The fourth-order valence-corrected chi connectivity index (χ4v) is 1.86. The summed E-state index contributed by atoms with van der Waals surface area (Å²) < 4.78 is 10.9. The Morgan fingerprint density at radius 1 is 1.27 bits per heavy atom. The predicted molar refractivity (Wildman–Crippen MR) is 84.3 cm³/mol. The molecule has 0 aromatic rings. The zero-order chi connectivity index (χ0) is 16.6. The SMILES string of the molecule is C=CCCC(N)=O.O=C(O)CCCCCOC1CCCCO1. The molecule has 22 heavy (non-hydrogen) atoms. The minimum atomic E-state index is -0.716. The lowest BCUT2D eigenvalue weighted by Gasteiger charge is -2.22. The van der Waals surface area contributed by atoms with E-state index in [0.29, 0.717) is 19.4 Å². The first kappa shape index (κ1) is 20.6. The van der Waals surface area contributed by atoms with E-state index in [1.807, 2.05) is 0 Å². The summed E-state index contributed by atoms with van der Waals surface area (Å²) in [6, 6.07) is 0. The highest BCUT2D eigenvalue weighted by atomic mass is 16.7. The Balaban J connectivity index is 0.000000534. The lowest BCUT2D eigenvalue weighted by molar-refractivity contribution is -0.162. The quantitative estimate of drug-likeness (QED) is 0.477. The van der Waals surface area contributed by atoms with Gasteiger partial charge in [-0.05, 0) is 38.5 Å². The van der Waals surface area contributed by atoms with Crippen molar-refractivity contribution < 1.29 is 24.2 Å². The molecular weight excluding hydrogens is 286 g/mol. The van der Waals surface area contributed by atoms with E-state index in [4.69, 9.17) is 20.3 Å². The number of allylic oxidation sites excluding steroid dienone is 1. The minimum Gasteiger partial charge on any atom is -0.481 e. The average molecular weight is 315 g/mol. The van der Waals surface area contributed by atoms with E-state index in [1.54, 1.807) is 6.08 Å². The molecule has 1 heterocycles. The van der Waals surface area contributed by atoms with Gasteiger partial charge in [0.1, 0.15) is 0 Å². The number of carboxylic acid groups (broad SMARTS) is 1. The summed E-state index contributed by atoms with van der Waals surface area (Å²) in [7, 11) is 0. The van der Waals surface area contributed by atoms with Crippen LogP contribution in [0.4, 0.5) is 0 Å². The molecule has 0 aromatic carbocycles. The van der Waals surface area contributed by atoms with E-state index < -0.39 is 5.97 Å². The van der Waals surface area contributed by atoms with E-state index >= 15 is 0 Å². The zero-order valence-electron chi connectivity index (χ0n) is 13.3. The molecule has 6 heteroatoms. The van der Waals surface area contributed by atoms with E-state index in [-0.39, 0.29) is 18.6 Å². The summed E-state index contributed by atoms with van der Waals surface area (Å²) in [5.74, 6) is -0.980. The largest absolute Gasteiger partial charge is 0.481 e. The molecule has 1 aliphatic rings. The number of hydrogen-bond donors (Lipinski definition) is 2. The number of rotatable bonds is 10. The second-order valence-corrected chi connectivity index (χ2v) is 5.16. The summed E-state index contributed by atoms with van der Waals surface area (Å²) in [5, 5.41) is 8.42. The molecule has 6 nitrogen and oxygen atoms in total. The molecule has 0 bridgehead atoms. The van der Waals surface area contributed by atoms with Crippen molar-refractivity contribution in [3.8, 4) is 0 Å². The van der Waals surface area contributed by atoms with Crippen LogP contribution in [0.3, 0.4) is 0 Å². The lowest BCUT2D eigenvalue weighted by atomic mass is 10.2. The fourth-order valence-electron chi connectivity index (χ4n) is 1.86. The van der Waals surface area contributed by atoms with E-state index in [9.17, 15) is 9.59 Å². The molecule has 128 valence electrons. The normalized spacial score (nSPS) is 17.2. The molecule has 1 saturated heterocycles. The maximum Gasteiger partial charge on any atom is 0.303 e. The first-order valence-corrected chi connectivity index (χ1v) is 7.90. The van der Waals surface area contributed by atoms with Crippen LogP contribution in [-0.4, -0.2) is 36.5 Å². The maximum atomic E-state index is 10.2. The first-order valence-electron chi connectivity index (χ1n) is 7.90. The Kier molecular flexibility index (Phi) is 13.6. The van der Waals surface area contributed by atoms with Crippen molar-refractivity contribution in [3.05, 3.63) is 12.7 Å². The summed E-state index contributed by atoms with van der Waals surface area (Å²) in [4.78, 5) is 20.2. The fraction of sp³-hybridized carbons (Fsp3) is 0.750. The van der Waals surface area contributed by atoms with Gasteiger partial charge in [0, 0.05) is 26.1 Å². The van der Waals surface area contributed by atoms with Crippen LogP contribution in [0.5, 0.6) is 0 Å². The van der Waals surface area contributed by atoms with Crippen molar-refractivity contribution in [2.45, 2.75) is 64.1 Å². The molecule has 1 rings (SSSR count). The summed E-state index contributed by atoms with van der Waals surface area (Å²) >= 11 is 0. The number of hydrogen-bond acceptors (Lipinski definition) is 4. The Morgan fingerprint density at radius 3 is 2.55 bits per heavy atom. The summed E-state index contributed by atoms with van der Waals surface area (Å²) in [6.07, 6.45) is 8.93. The smallest absolute Gasteiger partial charge is 0.303 e. The van der Waals surface area contributed by atoms with Crippen molar-refractivity contribution in [3.63, 3.8) is 0 Å². The second-order valence-electron chi connectivity index (χ2n) is 5.16. The number of primary amides is 1. The minimum absolute atomic E-state index is 0.0155. The average Bonchev–Trinajstić information content (AvgIpc) is 2.50. The Labute approximate surface area is 132 Å². The van der Waals surface area contributed by atoms with Gasteiger partial charge in [-0.3, -0.25) is 9.59 Å². The lowest BCUT2D eigenvalue weighted by Crippen LogP contribution is -2.22. The molecular formula is C16H29NO5. The van der Waals surface area contributed by atoms with Crippen LogP contribution in [-0.2, 0) is 19.1 Å². The van der Waals surface area contributed by atoms with Crippen molar-refractivity contribution in [2.24, 2.45) is 5.73 Å². The zero-order valence-corrected chi connectivity index (χ0v) is 13.3. The van der Waals surface area contributed by atoms with Gasteiger partial charge >= 0.3 is 5.97 Å². The van der Waals surface area contributed by atoms with Gasteiger partial charge < -0.3 is 20.3 Å². The molecule has 3 N–H and O–H groups in total. The maximum absolute atomic E-state index is 10.2. The Bertz CT molecular complexity index is 314. The van der Waals surface area contributed by atoms with Crippen LogP contribution in [0.1, 0.15) is 57.8 Å². The molecule has 1 fully saturated rings. The molecule has 0 aromatic heterocycles. The summed E-state index contributed by atoms with van der Waals surface area (Å²) in [5.41, 5.74) is 4.79. The summed E-state index contributed by atoms with van der Waals surface area (Å²) in [6.45, 7) is 4.92. The molecule has 1 amide bonds. The third kappa shape index (κ3) is 15.0. The number of amides is 1. The van der Waals surface area contributed by atoms with Gasteiger partial charge in [-0.25, -0.2) is 0 Å². The number of aliphatic carboxylic acids is 1. The van der Waals surface area contributed by atoms with Crippen molar-refractivity contribution in [1.82, 2.24) is 0 Å². The van der Waals surface area contributed by atoms with Gasteiger partial charge in [-0.2, -0.15) is 0 Å². The van der Waals surface area contributed by atoms with Crippen LogP contribution in [0, 0.1) is 0 Å². The highest BCUT2D eigenvalue weighted by Crippen LogP contribution is 2.14.